The van der Waals surface area contributed by atoms with Gasteiger partial charge in [0.2, 0.25) is 11.8 Å². The molecular formula is C18H22FN3O2S2. The van der Waals surface area contributed by atoms with E-state index in [0.717, 1.165) is 6.20 Å². The maximum Gasteiger partial charge on any atom is 0.238 e. The highest BCUT2D eigenvalue weighted by molar-refractivity contribution is 7.98. The molecule has 0 spiro atoms. The molecule has 0 aliphatic heterocycles. The summed E-state index contributed by atoms with van der Waals surface area (Å²) in [4.78, 5) is 35.2. The predicted molar refractivity (Wildman–Crippen MR) is 105 cm³/mol. The number of aromatic nitrogens is 2. The lowest BCUT2D eigenvalue weighted by Gasteiger charge is -2.24. The van der Waals surface area contributed by atoms with Crippen molar-refractivity contribution in [3.8, 4) is 10.6 Å². The van der Waals surface area contributed by atoms with Crippen molar-refractivity contribution in [1.29, 1.82) is 0 Å². The molecule has 0 N–H and O–H groups in total. The van der Waals surface area contributed by atoms with Gasteiger partial charge in [-0.25, -0.2) is 14.3 Å². The van der Waals surface area contributed by atoms with E-state index in [1.54, 1.807) is 32.5 Å². The normalized spacial score (nSPS) is 12.3. The number of thiazole rings is 1. The van der Waals surface area contributed by atoms with Crippen LogP contribution in [0.4, 0.5) is 9.39 Å². The van der Waals surface area contributed by atoms with Crippen LogP contribution < -0.4 is 4.90 Å². The standard InChI is InChI=1S/C18H22FN3O2S2/c1-10(2)16(23)22(17(24)11(3)9-25-5)18-12(4)21-15(26-18)13-6-14(19)8-20-7-13/h6-8,10-11H,9H2,1-5H3. The number of halogens is 1. The summed E-state index contributed by atoms with van der Waals surface area (Å²) in [5, 5.41) is 1.01. The van der Waals surface area contributed by atoms with Crippen LogP contribution in [-0.4, -0.2) is 33.8 Å². The van der Waals surface area contributed by atoms with Gasteiger partial charge in [-0.1, -0.05) is 32.1 Å². The van der Waals surface area contributed by atoms with Crippen molar-refractivity contribution < 1.29 is 14.0 Å². The van der Waals surface area contributed by atoms with E-state index < -0.39 is 5.82 Å². The third kappa shape index (κ3) is 4.48. The number of amides is 2. The average molecular weight is 396 g/mol. The molecule has 0 aliphatic carbocycles. The highest BCUT2D eigenvalue weighted by Gasteiger charge is 2.32. The Kier molecular flexibility index (Phi) is 6.88. The average Bonchev–Trinajstić information content (AvgIpc) is 2.96. The summed E-state index contributed by atoms with van der Waals surface area (Å²) in [5.74, 6) is -0.974. The van der Waals surface area contributed by atoms with Gasteiger partial charge in [0.05, 0.1) is 11.9 Å². The van der Waals surface area contributed by atoms with Crippen LogP contribution in [0.25, 0.3) is 10.6 Å². The van der Waals surface area contributed by atoms with E-state index in [0.29, 0.717) is 27.0 Å². The molecular weight excluding hydrogens is 373 g/mol. The van der Waals surface area contributed by atoms with Crippen molar-refractivity contribution in [2.45, 2.75) is 27.7 Å². The number of carbonyl (C=O) groups excluding carboxylic acids is 2. The Morgan fingerprint density at radius 1 is 1.27 bits per heavy atom. The molecule has 8 heteroatoms. The number of aryl methyl sites for hydroxylation is 1. The first-order chi connectivity index (χ1) is 12.3. The summed E-state index contributed by atoms with van der Waals surface area (Å²) in [6, 6.07) is 1.34. The van der Waals surface area contributed by atoms with E-state index in [-0.39, 0.29) is 23.7 Å². The summed E-state index contributed by atoms with van der Waals surface area (Å²) in [5.41, 5.74) is 1.08. The zero-order valence-electron chi connectivity index (χ0n) is 15.4. The van der Waals surface area contributed by atoms with Crippen molar-refractivity contribution in [2.24, 2.45) is 11.8 Å². The van der Waals surface area contributed by atoms with Crippen LogP contribution in [0.1, 0.15) is 26.5 Å². The van der Waals surface area contributed by atoms with Crippen LogP contribution in [0.3, 0.4) is 0 Å². The molecule has 2 aromatic heterocycles. The Hall–Kier alpha value is -1.80. The van der Waals surface area contributed by atoms with Gasteiger partial charge < -0.3 is 0 Å². The summed E-state index contributed by atoms with van der Waals surface area (Å²) in [7, 11) is 0. The van der Waals surface area contributed by atoms with E-state index in [1.165, 1.54) is 28.5 Å². The van der Waals surface area contributed by atoms with Crippen molar-refractivity contribution in [2.75, 3.05) is 16.9 Å². The van der Waals surface area contributed by atoms with Crippen LogP contribution in [0.15, 0.2) is 18.5 Å². The fourth-order valence-corrected chi connectivity index (χ4v) is 4.06. The molecule has 0 aromatic carbocycles. The van der Waals surface area contributed by atoms with Gasteiger partial charge in [-0.05, 0) is 19.2 Å². The molecule has 1 unspecified atom stereocenters. The van der Waals surface area contributed by atoms with Crippen molar-refractivity contribution in [3.63, 3.8) is 0 Å². The number of hydrogen-bond acceptors (Lipinski definition) is 6. The van der Waals surface area contributed by atoms with Crippen molar-refractivity contribution >= 4 is 39.9 Å². The number of thioether (sulfide) groups is 1. The second-order valence-corrected chi connectivity index (χ2v) is 8.21. The number of carbonyl (C=O) groups is 2. The molecule has 1 atom stereocenters. The number of nitrogens with zero attached hydrogens (tertiary/aromatic N) is 3. The molecule has 0 saturated heterocycles. The first kappa shape index (κ1) is 20.5. The molecule has 0 saturated carbocycles. The van der Waals surface area contributed by atoms with E-state index in [2.05, 4.69) is 9.97 Å². The van der Waals surface area contributed by atoms with Crippen molar-refractivity contribution in [3.05, 3.63) is 30.0 Å². The van der Waals surface area contributed by atoms with Gasteiger partial charge in [-0.2, -0.15) is 11.8 Å². The number of rotatable bonds is 6. The van der Waals surface area contributed by atoms with Crippen LogP contribution in [0.2, 0.25) is 0 Å². The molecule has 2 heterocycles. The summed E-state index contributed by atoms with van der Waals surface area (Å²) in [6.45, 7) is 7.08. The van der Waals surface area contributed by atoms with Crippen LogP contribution in [0.5, 0.6) is 0 Å². The molecule has 2 aromatic rings. The highest BCUT2D eigenvalue weighted by Crippen LogP contribution is 2.36. The van der Waals surface area contributed by atoms with E-state index >= 15 is 0 Å². The lowest BCUT2D eigenvalue weighted by Crippen LogP contribution is -2.43. The molecule has 2 rings (SSSR count). The lowest BCUT2D eigenvalue weighted by atomic mass is 10.1. The minimum Gasteiger partial charge on any atom is -0.274 e. The van der Waals surface area contributed by atoms with Crippen LogP contribution >= 0.6 is 23.1 Å². The Morgan fingerprint density at radius 3 is 2.54 bits per heavy atom. The molecule has 0 fully saturated rings. The molecule has 140 valence electrons. The molecule has 26 heavy (non-hydrogen) atoms. The highest BCUT2D eigenvalue weighted by atomic mass is 32.2. The van der Waals surface area contributed by atoms with E-state index in [4.69, 9.17) is 0 Å². The summed E-state index contributed by atoms with van der Waals surface area (Å²) < 4.78 is 13.5. The minimum atomic E-state index is -0.461. The topological polar surface area (TPSA) is 63.2 Å². The first-order valence-corrected chi connectivity index (χ1v) is 10.4. The molecule has 0 radical (unpaired) electrons. The largest absolute Gasteiger partial charge is 0.274 e. The fraction of sp³-hybridized carbons (Fsp3) is 0.444. The zero-order valence-corrected chi connectivity index (χ0v) is 17.1. The number of pyridine rings is 1. The van der Waals surface area contributed by atoms with Crippen LogP contribution in [-0.2, 0) is 9.59 Å². The number of hydrogen-bond donors (Lipinski definition) is 0. The molecule has 2 amide bonds. The predicted octanol–water partition coefficient (Wildman–Crippen LogP) is 4.17. The van der Waals surface area contributed by atoms with Crippen LogP contribution in [0, 0.1) is 24.6 Å². The van der Waals surface area contributed by atoms with Gasteiger partial charge in [-0.15, -0.1) is 0 Å². The van der Waals surface area contributed by atoms with E-state index in [9.17, 15) is 14.0 Å². The third-order valence-electron chi connectivity index (χ3n) is 3.70. The number of anilines is 1. The Labute approximate surface area is 161 Å². The fourth-order valence-electron chi connectivity index (χ4n) is 2.36. The minimum absolute atomic E-state index is 0.242. The van der Waals surface area contributed by atoms with Gasteiger partial charge in [0.15, 0.2) is 0 Å². The molecule has 5 nitrogen and oxygen atoms in total. The van der Waals surface area contributed by atoms with Gasteiger partial charge >= 0.3 is 0 Å². The second kappa shape index (κ2) is 8.73. The first-order valence-electron chi connectivity index (χ1n) is 8.21. The Balaban J connectivity index is 2.48. The van der Waals surface area contributed by atoms with Gasteiger partial charge in [0.25, 0.3) is 0 Å². The second-order valence-electron chi connectivity index (χ2n) is 6.32. The monoisotopic (exact) mass is 395 g/mol. The Morgan fingerprint density at radius 2 is 1.96 bits per heavy atom. The lowest BCUT2D eigenvalue weighted by molar-refractivity contribution is -0.129. The SMILES string of the molecule is CSCC(C)C(=O)N(C(=O)C(C)C)c1sc(-c2cncc(F)c2)nc1C. The van der Waals surface area contributed by atoms with Gasteiger partial charge in [0, 0.05) is 29.3 Å². The summed E-state index contributed by atoms with van der Waals surface area (Å²) in [6.07, 6.45) is 4.55. The number of imide groups is 1. The Bertz CT molecular complexity index is 807. The quantitative estimate of drug-likeness (QED) is 0.735. The maximum absolute atomic E-state index is 13.5. The zero-order chi connectivity index (χ0) is 19.4. The van der Waals surface area contributed by atoms with Gasteiger partial charge in [-0.3, -0.25) is 14.6 Å². The van der Waals surface area contributed by atoms with Gasteiger partial charge in [0.1, 0.15) is 15.8 Å². The molecule has 0 bridgehead atoms. The smallest absolute Gasteiger partial charge is 0.238 e. The third-order valence-corrected chi connectivity index (χ3v) is 5.72. The van der Waals surface area contributed by atoms with Crippen molar-refractivity contribution in [1.82, 2.24) is 9.97 Å². The molecule has 0 aliphatic rings. The van der Waals surface area contributed by atoms with E-state index in [1.807, 2.05) is 13.2 Å². The summed E-state index contributed by atoms with van der Waals surface area (Å²) >= 11 is 2.76. The maximum atomic E-state index is 13.5.